The average molecular weight is 508 g/mol. The number of thioether (sulfide) groups is 1. The molecular formula is C25H37N3O6S. The molecular weight excluding hydrogens is 470 g/mol. The Morgan fingerprint density at radius 3 is 2.71 bits per heavy atom. The fraction of sp³-hybridized carbons (Fsp3) is 0.720. The van der Waals surface area contributed by atoms with E-state index in [1.54, 1.807) is 27.6 Å². The number of esters is 1. The highest BCUT2D eigenvalue weighted by Gasteiger charge is 2.74. The molecule has 4 aliphatic heterocycles. The summed E-state index contributed by atoms with van der Waals surface area (Å²) in [5.74, 6) is -1.79. The number of hydrogen-bond acceptors (Lipinski definition) is 8. The van der Waals surface area contributed by atoms with E-state index in [1.165, 1.54) is 6.08 Å². The van der Waals surface area contributed by atoms with Crippen LogP contribution in [0.15, 0.2) is 25.3 Å². The minimum Gasteiger partial charge on any atom is -0.461 e. The summed E-state index contributed by atoms with van der Waals surface area (Å²) in [6, 6.07) is -0.664. The molecule has 0 aromatic heterocycles. The number of fused-ring (bicyclic) bond motifs is 1. The number of morpholine rings is 1. The lowest BCUT2D eigenvalue weighted by Crippen LogP contribution is -2.56. The first kappa shape index (κ1) is 26.2. The lowest BCUT2D eigenvalue weighted by atomic mass is 9.71. The van der Waals surface area contributed by atoms with Crippen LogP contribution >= 0.6 is 11.8 Å². The van der Waals surface area contributed by atoms with E-state index in [1.807, 2.05) is 0 Å². The molecule has 1 spiro atoms. The van der Waals surface area contributed by atoms with Crippen LogP contribution in [0.4, 0.5) is 0 Å². The van der Waals surface area contributed by atoms with Gasteiger partial charge in [0.2, 0.25) is 11.8 Å². The number of amides is 2. The third kappa shape index (κ3) is 4.90. The molecule has 4 heterocycles. The van der Waals surface area contributed by atoms with Crippen molar-refractivity contribution >= 4 is 29.5 Å². The second-order valence-corrected chi connectivity index (χ2v) is 11.2. The molecule has 4 saturated heterocycles. The fourth-order valence-corrected chi connectivity index (χ4v) is 8.33. The Morgan fingerprint density at radius 1 is 1.26 bits per heavy atom. The summed E-state index contributed by atoms with van der Waals surface area (Å²) in [5.41, 5.74) is 0. The van der Waals surface area contributed by atoms with Crippen molar-refractivity contribution in [3.63, 3.8) is 0 Å². The maximum atomic E-state index is 14.1. The number of likely N-dealkylation sites (tertiary alicyclic amines) is 1. The van der Waals surface area contributed by atoms with Crippen molar-refractivity contribution in [3.8, 4) is 0 Å². The van der Waals surface area contributed by atoms with Gasteiger partial charge in [-0.2, -0.15) is 0 Å². The van der Waals surface area contributed by atoms with Crippen LogP contribution in [0.25, 0.3) is 0 Å². The van der Waals surface area contributed by atoms with Gasteiger partial charge in [0.05, 0.1) is 29.8 Å². The predicted molar refractivity (Wildman–Crippen MR) is 133 cm³/mol. The van der Waals surface area contributed by atoms with Crippen LogP contribution in [0.5, 0.6) is 0 Å². The molecule has 2 unspecified atom stereocenters. The van der Waals surface area contributed by atoms with Gasteiger partial charge in [-0.3, -0.25) is 19.3 Å². The van der Waals surface area contributed by atoms with Gasteiger partial charge in [0.15, 0.2) is 0 Å². The zero-order valence-electron chi connectivity index (χ0n) is 20.3. The van der Waals surface area contributed by atoms with E-state index in [0.717, 1.165) is 26.1 Å². The quantitative estimate of drug-likeness (QED) is 0.302. The van der Waals surface area contributed by atoms with Gasteiger partial charge in [-0.15, -0.1) is 18.3 Å². The zero-order valence-corrected chi connectivity index (χ0v) is 21.1. The first-order valence-electron chi connectivity index (χ1n) is 12.5. The zero-order chi connectivity index (χ0) is 25.0. The van der Waals surface area contributed by atoms with E-state index in [4.69, 9.17) is 9.47 Å². The Balaban J connectivity index is 1.59. The molecule has 35 heavy (non-hydrogen) atoms. The second-order valence-electron chi connectivity index (χ2n) is 9.61. The number of rotatable bonds is 12. The van der Waals surface area contributed by atoms with E-state index >= 15 is 0 Å². The molecule has 0 radical (unpaired) electrons. The fourth-order valence-electron chi connectivity index (χ4n) is 6.13. The number of aliphatic hydroxyl groups excluding tert-OH is 1. The lowest BCUT2D eigenvalue weighted by molar-refractivity contribution is -0.153. The summed E-state index contributed by atoms with van der Waals surface area (Å²) in [4.78, 5) is 46.6. The first-order valence-corrected chi connectivity index (χ1v) is 13.4. The third-order valence-corrected chi connectivity index (χ3v) is 9.61. The van der Waals surface area contributed by atoms with E-state index < -0.39 is 22.6 Å². The number of carbonyl (C=O) groups is 3. The Kier molecular flexibility index (Phi) is 8.57. The molecule has 0 aromatic rings. The molecule has 0 saturated carbocycles. The molecule has 1 N–H and O–H groups in total. The summed E-state index contributed by atoms with van der Waals surface area (Å²) in [6.45, 7) is 12.5. The summed E-state index contributed by atoms with van der Waals surface area (Å²) < 4.78 is 10.2. The van der Waals surface area contributed by atoms with Crippen LogP contribution in [0.1, 0.15) is 19.3 Å². The predicted octanol–water partition coefficient (Wildman–Crippen LogP) is 0.536. The molecule has 4 rings (SSSR count). The van der Waals surface area contributed by atoms with E-state index in [2.05, 4.69) is 18.1 Å². The van der Waals surface area contributed by atoms with Crippen LogP contribution in [0.3, 0.4) is 0 Å². The molecule has 5 atom stereocenters. The molecule has 2 bridgehead atoms. The summed E-state index contributed by atoms with van der Waals surface area (Å²) >= 11 is 1.63. The maximum Gasteiger partial charge on any atom is 0.311 e. The first-order chi connectivity index (χ1) is 17.0. The highest BCUT2D eigenvalue weighted by molar-refractivity contribution is 8.02. The number of aliphatic hydroxyl groups is 1. The standard InChI is InChI=1S/C25H37N3O6S/c1-3-8-27(11-10-26-12-16-33-17-13-26)23(31)21-25-7-6-18(35-25)19(24(32)34-15-4-2)20(25)22(30)28(21)9-5-14-29/h3-4,18-21,29H,1-2,5-17H2/t18-,19+,20-,21?,25?/m0/s1. The highest BCUT2D eigenvalue weighted by atomic mass is 32.2. The van der Waals surface area contributed by atoms with Gasteiger partial charge < -0.3 is 24.4 Å². The van der Waals surface area contributed by atoms with Gasteiger partial charge in [-0.25, -0.2) is 0 Å². The van der Waals surface area contributed by atoms with Gasteiger partial charge in [0, 0.05) is 51.1 Å². The summed E-state index contributed by atoms with van der Waals surface area (Å²) in [6.07, 6.45) is 5.10. The smallest absolute Gasteiger partial charge is 0.311 e. The number of nitrogens with zero attached hydrogens (tertiary/aromatic N) is 3. The Labute approximate surface area is 211 Å². The second kappa shape index (κ2) is 11.5. The maximum absolute atomic E-state index is 14.1. The number of carbonyl (C=O) groups excluding carboxylic acids is 3. The van der Waals surface area contributed by atoms with Crippen LogP contribution in [-0.2, 0) is 23.9 Å². The molecule has 0 aromatic carbocycles. The summed E-state index contributed by atoms with van der Waals surface area (Å²) in [5, 5.41) is 9.45. The average Bonchev–Trinajstić information content (AvgIpc) is 3.51. The molecule has 10 heteroatoms. The van der Waals surface area contributed by atoms with Crippen molar-refractivity contribution in [2.75, 3.05) is 65.7 Å². The van der Waals surface area contributed by atoms with Gasteiger partial charge in [-0.1, -0.05) is 18.7 Å². The Hall–Kier alpha value is -1.88. The molecule has 9 nitrogen and oxygen atoms in total. The van der Waals surface area contributed by atoms with Crippen molar-refractivity contribution in [2.45, 2.75) is 35.3 Å². The topological polar surface area (TPSA) is 99.6 Å². The van der Waals surface area contributed by atoms with Gasteiger partial charge >= 0.3 is 5.97 Å². The molecule has 194 valence electrons. The van der Waals surface area contributed by atoms with E-state index in [0.29, 0.717) is 39.1 Å². The van der Waals surface area contributed by atoms with Crippen LogP contribution in [0, 0.1) is 11.8 Å². The van der Waals surface area contributed by atoms with Crippen molar-refractivity contribution in [1.82, 2.24) is 14.7 Å². The minimum absolute atomic E-state index is 0.0299. The minimum atomic E-state index is -0.664. The molecule has 4 aliphatic rings. The monoisotopic (exact) mass is 507 g/mol. The van der Waals surface area contributed by atoms with E-state index in [-0.39, 0.29) is 42.8 Å². The van der Waals surface area contributed by atoms with Crippen LogP contribution in [-0.4, -0.2) is 119 Å². The van der Waals surface area contributed by atoms with Crippen LogP contribution < -0.4 is 0 Å². The highest BCUT2D eigenvalue weighted by Crippen LogP contribution is 2.66. The number of ether oxygens (including phenoxy) is 2. The van der Waals surface area contributed by atoms with Gasteiger partial charge in [0.1, 0.15) is 12.6 Å². The van der Waals surface area contributed by atoms with Crippen molar-refractivity contribution in [3.05, 3.63) is 25.3 Å². The van der Waals surface area contributed by atoms with E-state index in [9.17, 15) is 19.5 Å². The van der Waals surface area contributed by atoms with Gasteiger partial charge in [-0.05, 0) is 19.3 Å². The Bertz CT molecular complexity index is 834. The van der Waals surface area contributed by atoms with Crippen molar-refractivity contribution in [2.24, 2.45) is 11.8 Å². The lowest BCUT2D eigenvalue weighted by Gasteiger charge is -2.38. The third-order valence-electron chi connectivity index (χ3n) is 7.66. The van der Waals surface area contributed by atoms with Crippen molar-refractivity contribution < 1.29 is 29.0 Å². The number of hydrogen-bond donors (Lipinski definition) is 1. The van der Waals surface area contributed by atoms with Crippen molar-refractivity contribution in [1.29, 1.82) is 0 Å². The largest absolute Gasteiger partial charge is 0.461 e. The SMILES string of the molecule is C=CCOC(=O)[C@@H]1[C@@H]2CCC3(S2)C(C(=O)N(CC=C)CCN2CCOCC2)N(CCCO)C(=O)[C@H]13. The Morgan fingerprint density at radius 2 is 2.03 bits per heavy atom. The van der Waals surface area contributed by atoms with Gasteiger partial charge in [0.25, 0.3) is 0 Å². The van der Waals surface area contributed by atoms with Crippen LogP contribution in [0.2, 0.25) is 0 Å². The molecule has 4 fully saturated rings. The molecule has 0 aliphatic carbocycles. The summed E-state index contributed by atoms with van der Waals surface area (Å²) in [7, 11) is 0. The normalized spacial score (nSPS) is 31.9. The molecule has 2 amide bonds.